The number of amides is 2. The van der Waals surface area contributed by atoms with E-state index in [1.807, 2.05) is 44.2 Å². The van der Waals surface area contributed by atoms with Crippen LogP contribution >= 0.6 is 11.8 Å². The Morgan fingerprint density at radius 3 is 2.29 bits per heavy atom. The smallest absolute Gasteiger partial charge is 0.283 e. The van der Waals surface area contributed by atoms with Gasteiger partial charge in [0.1, 0.15) is 11.4 Å². The Bertz CT molecular complexity index is 1640. The maximum absolute atomic E-state index is 13.6. The number of methoxy groups -OCH3 is 1. The topological polar surface area (TPSA) is 108 Å². The van der Waals surface area contributed by atoms with Crippen LogP contribution in [0.1, 0.15) is 22.3 Å². The summed E-state index contributed by atoms with van der Waals surface area (Å²) in [6.45, 7) is 5.69. The number of nitrogens with one attached hydrogen (secondary N) is 1. The molecule has 0 unspecified atom stereocenters. The Morgan fingerprint density at radius 1 is 1.02 bits per heavy atom. The summed E-state index contributed by atoms with van der Waals surface area (Å²) in [5.74, 6) is -0.00720. The highest BCUT2D eigenvalue weighted by atomic mass is 32.2. The van der Waals surface area contributed by atoms with Gasteiger partial charge < -0.3 is 10.1 Å². The Hall–Kier alpha value is -3.93. The van der Waals surface area contributed by atoms with E-state index in [2.05, 4.69) is 10.3 Å². The number of aryl methyl sites for hydroxylation is 3. The molecule has 1 aliphatic heterocycles. The lowest BCUT2D eigenvalue weighted by Crippen LogP contribution is -2.31. The quantitative estimate of drug-likeness (QED) is 0.370. The van der Waals surface area contributed by atoms with Gasteiger partial charge in [-0.3, -0.25) is 14.5 Å². The molecule has 41 heavy (non-hydrogen) atoms. The molecular formula is C30H32N4O5S2. The lowest BCUT2D eigenvalue weighted by Gasteiger charge is -2.19. The number of sulfonamides is 1. The molecule has 0 aromatic heterocycles. The van der Waals surface area contributed by atoms with Crippen molar-refractivity contribution in [3.8, 4) is 5.75 Å². The molecule has 3 aromatic carbocycles. The fraction of sp³-hybridized carbons (Fsp3) is 0.233. The molecule has 1 N–H and O–H groups in total. The van der Waals surface area contributed by atoms with Crippen LogP contribution in [-0.4, -0.2) is 56.7 Å². The molecule has 1 aliphatic rings. The highest BCUT2D eigenvalue weighted by Gasteiger charge is 2.32. The monoisotopic (exact) mass is 592 g/mol. The number of rotatable bonds is 8. The van der Waals surface area contributed by atoms with Crippen LogP contribution < -0.4 is 15.0 Å². The fourth-order valence-corrected chi connectivity index (χ4v) is 5.92. The molecule has 4 rings (SSSR count). The lowest BCUT2D eigenvalue weighted by atomic mass is 10.1. The molecule has 11 heteroatoms. The molecule has 0 bridgehead atoms. The van der Waals surface area contributed by atoms with Crippen LogP contribution in [0.5, 0.6) is 5.75 Å². The molecule has 0 fully saturated rings. The Kier molecular flexibility index (Phi) is 9.01. The summed E-state index contributed by atoms with van der Waals surface area (Å²) in [7, 11) is 0.824. The van der Waals surface area contributed by atoms with Crippen molar-refractivity contribution in [2.45, 2.75) is 25.7 Å². The molecule has 0 aliphatic carbocycles. The zero-order valence-corrected chi connectivity index (χ0v) is 25.4. The number of carbonyl (C=O) groups is 2. The first-order valence-electron chi connectivity index (χ1n) is 12.7. The molecule has 0 saturated carbocycles. The van der Waals surface area contributed by atoms with Gasteiger partial charge in [-0.2, -0.15) is 0 Å². The van der Waals surface area contributed by atoms with Crippen molar-refractivity contribution < 1.29 is 22.7 Å². The van der Waals surface area contributed by atoms with Crippen molar-refractivity contribution in [3.05, 3.63) is 88.6 Å². The van der Waals surface area contributed by atoms with Crippen molar-refractivity contribution >= 4 is 56.2 Å². The predicted octanol–water partition coefficient (Wildman–Crippen LogP) is 4.99. The predicted molar refractivity (Wildman–Crippen MR) is 165 cm³/mol. The highest BCUT2D eigenvalue weighted by Crippen LogP contribution is 2.31. The summed E-state index contributed by atoms with van der Waals surface area (Å²) in [5.41, 5.74) is 4.79. The minimum atomic E-state index is -3.66. The third kappa shape index (κ3) is 6.87. The van der Waals surface area contributed by atoms with Crippen LogP contribution in [0.15, 0.2) is 76.2 Å². The summed E-state index contributed by atoms with van der Waals surface area (Å²) in [6.07, 6.45) is 1.70. The first-order valence-corrected chi connectivity index (χ1v) is 15.1. The second-order valence-electron chi connectivity index (χ2n) is 9.78. The lowest BCUT2D eigenvalue weighted by molar-refractivity contribution is -0.114. The zero-order valence-electron chi connectivity index (χ0n) is 23.8. The fourth-order valence-electron chi connectivity index (χ4n) is 4.18. The van der Waals surface area contributed by atoms with E-state index in [0.717, 1.165) is 38.3 Å². The summed E-state index contributed by atoms with van der Waals surface area (Å²) >= 11 is 1.13. The minimum absolute atomic E-state index is 0.0483. The molecule has 0 spiro atoms. The number of thioether (sulfide) groups is 1. The van der Waals surface area contributed by atoms with Crippen LogP contribution in [0.4, 0.5) is 11.4 Å². The highest BCUT2D eigenvalue weighted by molar-refractivity contribution is 8.14. The van der Waals surface area contributed by atoms with Crippen LogP contribution in [-0.2, 0) is 19.6 Å². The molecule has 214 valence electrons. The summed E-state index contributed by atoms with van der Waals surface area (Å²) in [4.78, 5) is 32.8. The van der Waals surface area contributed by atoms with Gasteiger partial charge in [0, 0.05) is 19.8 Å². The van der Waals surface area contributed by atoms with Crippen LogP contribution in [0.2, 0.25) is 0 Å². The van der Waals surface area contributed by atoms with Gasteiger partial charge >= 0.3 is 0 Å². The van der Waals surface area contributed by atoms with E-state index in [1.165, 1.54) is 31.1 Å². The number of hydrogen-bond acceptors (Lipinski definition) is 7. The van der Waals surface area contributed by atoms with Gasteiger partial charge in [-0.1, -0.05) is 36.0 Å². The number of aliphatic imine (C=N–C) groups is 1. The Labute approximate surface area is 245 Å². The van der Waals surface area contributed by atoms with Crippen molar-refractivity contribution in [1.29, 1.82) is 0 Å². The number of anilines is 2. The van der Waals surface area contributed by atoms with Gasteiger partial charge in [0.05, 0.1) is 23.4 Å². The molecule has 0 atom stereocenters. The second-order valence-corrected chi connectivity index (χ2v) is 12.9. The Morgan fingerprint density at radius 2 is 1.68 bits per heavy atom. The van der Waals surface area contributed by atoms with Crippen molar-refractivity contribution in [1.82, 2.24) is 4.31 Å². The van der Waals surface area contributed by atoms with E-state index in [9.17, 15) is 18.0 Å². The number of ether oxygens (including phenoxy) is 1. The molecule has 1 heterocycles. The number of carbonyl (C=O) groups excluding carboxylic acids is 2. The van der Waals surface area contributed by atoms with Gasteiger partial charge in [-0.05, 0) is 85.5 Å². The van der Waals surface area contributed by atoms with E-state index < -0.39 is 10.0 Å². The van der Waals surface area contributed by atoms with E-state index in [1.54, 1.807) is 38.3 Å². The standard InChI is InChI=1S/C30H32N4O5S2/c1-19-13-20(2)15-23(14-19)34-29(36)27(16-22-8-10-24(39-6)11-9-22)32-30(34)40-18-28(35)31-26-17-25(12-7-21(26)3)41(37,38)33(4)5/h7-17H,18H2,1-6H3,(H,31,35). The van der Waals surface area contributed by atoms with Gasteiger partial charge in [0.25, 0.3) is 5.91 Å². The molecule has 3 aromatic rings. The molecule has 0 radical (unpaired) electrons. The Balaban J connectivity index is 1.59. The van der Waals surface area contributed by atoms with Gasteiger partial charge in [0.2, 0.25) is 15.9 Å². The van der Waals surface area contributed by atoms with Crippen molar-refractivity contribution in [2.75, 3.05) is 37.2 Å². The first-order chi connectivity index (χ1) is 19.4. The normalized spacial score (nSPS) is 14.5. The zero-order chi connectivity index (χ0) is 29.9. The number of amidine groups is 1. The first kappa shape index (κ1) is 30.0. The van der Waals surface area contributed by atoms with E-state index in [4.69, 9.17) is 4.74 Å². The van der Waals surface area contributed by atoms with Crippen LogP contribution in [0, 0.1) is 20.8 Å². The number of hydrogen-bond donors (Lipinski definition) is 1. The molecule has 0 saturated heterocycles. The van der Waals surface area contributed by atoms with Gasteiger partial charge in [-0.25, -0.2) is 17.7 Å². The summed E-state index contributed by atoms with van der Waals surface area (Å²) < 4.78 is 31.5. The van der Waals surface area contributed by atoms with Gasteiger partial charge in [0.15, 0.2) is 5.17 Å². The van der Waals surface area contributed by atoms with E-state index >= 15 is 0 Å². The third-order valence-electron chi connectivity index (χ3n) is 6.31. The van der Waals surface area contributed by atoms with E-state index in [0.29, 0.717) is 22.3 Å². The van der Waals surface area contributed by atoms with Crippen molar-refractivity contribution in [3.63, 3.8) is 0 Å². The number of benzene rings is 3. The van der Waals surface area contributed by atoms with Crippen LogP contribution in [0.3, 0.4) is 0 Å². The molecule has 2 amide bonds. The third-order valence-corrected chi connectivity index (χ3v) is 9.06. The number of nitrogens with zero attached hydrogens (tertiary/aromatic N) is 3. The van der Waals surface area contributed by atoms with E-state index in [-0.39, 0.29) is 28.2 Å². The second kappa shape index (κ2) is 12.3. The van der Waals surface area contributed by atoms with Gasteiger partial charge in [-0.15, -0.1) is 0 Å². The SMILES string of the molecule is COc1ccc(C=C2N=C(SCC(=O)Nc3cc(S(=O)(=O)N(C)C)ccc3C)N(c3cc(C)cc(C)c3)C2=O)cc1. The minimum Gasteiger partial charge on any atom is -0.497 e. The molecular weight excluding hydrogens is 560 g/mol. The maximum atomic E-state index is 13.6. The average molecular weight is 593 g/mol. The van der Waals surface area contributed by atoms with Crippen molar-refractivity contribution in [2.24, 2.45) is 4.99 Å². The molecule has 9 nitrogen and oxygen atoms in total. The summed E-state index contributed by atoms with van der Waals surface area (Å²) in [6, 6.07) is 17.7. The average Bonchev–Trinajstić information content (AvgIpc) is 3.23. The van der Waals surface area contributed by atoms with Crippen LogP contribution in [0.25, 0.3) is 6.08 Å². The maximum Gasteiger partial charge on any atom is 0.283 e. The largest absolute Gasteiger partial charge is 0.497 e. The summed E-state index contributed by atoms with van der Waals surface area (Å²) in [5, 5.41) is 3.17.